The van der Waals surface area contributed by atoms with Crippen LogP contribution in [-0.2, 0) is 14.3 Å². The van der Waals surface area contributed by atoms with Crippen LogP contribution in [-0.4, -0.2) is 26.3 Å². The van der Waals surface area contributed by atoms with E-state index in [2.05, 4.69) is 11.7 Å². The lowest BCUT2D eigenvalue weighted by Gasteiger charge is -2.23. The van der Waals surface area contributed by atoms with Gasteiger partial charge in [0.2, 0.25) is 0 Å². The van der Waals surface area contributed by atoms with Crippen LogP contribution in [0.2, 0.25) is 0 Å². The number of ether oxygens (including phenoxy) is 2. The van der Waals surface area contributed by atoms with Gasteiger partial charge in [0.1, 0.15) is 0 Å². The van der Waals surface area contributed by atoms with E-state index in [1.165, 1.54) is 7.11 Å². The number of carbonyl (C=O) groups is 1. The summed E-state index contributed by atoms with van der Waals surface area (Å²) in [4.78, 5) is 11.1. The minimum atomic E-state index is -0.257. The third-order valence-electron chi connectivity index (χ3n) is 2.60. The fraction of sp³-hybridized carbons (Fsp3) is 0.727. The lowest BCUT2D eigenvalue weighted by Crippen LogP contribution is -2.19. The standard InChI is InChI=1S/C11H18O3/c1-3-9(7-11(12)13-2)10-5-4-6-14-8-10/h7,10H,3-6,8H2,1-2H3/b9-7-. The molecule has 1 aliphatic heterocycles. The minimum absolute atomic E-state index is 0.257. The van der Waals surface area contributed by atoms with Gasteiger partial charge in [0, 0.05) is 18.6 Å². The van der Waals surface area contributed by atoms with Crippen LogP contribution >= 0.6 is 0 Å². The molecule has 0 aromatic rings. The predicted octanol–water partition coefficient (Wildman–Crippen LogP) is 1.92. The monoisotopic (exact) mass is 198 g/mol. The van der Waals surface area contributed by atoms with Gasteiger partial charge >= 0.3 is 5.97 Å². The second kappa shape index (κ2) is 5.81. The summed E-state index contributed by atoms with van der Waals surface area (Å²) < 4.78 is 10.0. The molecule has 1 rings (SSSR count). The van der Waals surface area contributed by atoms with E-state index in [0.717, 1.165) is 38.0 Å². The molecule has 1 atom stereocenters. The molecule has 0 amide bonds. The number of carbonyl (C=O) groups excluding carboxylic acids is 1. The zero-order valence-electron chi connectivity index (χ0n) is 8.91. The maximum absolute atomic E-state index is 11.1. The molecule has 1 aliphatic rings. The Balaban J connectivity index is 2.59. The molecule has 1 heterocycles. The number of hydrogen-bond acceptors (Lipinski definition) is 3. The normalized spacial score (nSPS) is 23.3. The van der Waals surface area contributed by atoms with E-state index in [1.807, 2.05) is 0 Å². The molecular formula is C11H18O3. The van der Waals surface area contributed by atoms with E-state index in [4.69, 9.17) is 4.74 Å². The summed E-state index contributed by atoms with van der Waals surface area (Å²) in [5.74, 6) is 0.153. The zero-order valence-corrected chi connectivity index (χ0v) is 8.91. The van der Waals surface area contributed by atoms with Gasteiger partial charge in [0.25, 0.3) is 0 Å². The van der Waals surface area contributed by atoms with Crippen molar-refractivity contribution < 1.29 is 14.3 Å². The molecule has 0 aromatic carbocycles. The molecule has 1 fully saturated rings. The van der Waals surface area contributed by atoms with Crippen LogP contribution < -0.4 is 0 Å². The average Bonchev–Trinajstić information content (AvgIpc) is 2.26. The first kappa shape index (κ1) is 11.2. The van der Waals surface area contributed by atoms with E-state index >= 15 is 0 Å². The summed E-state index contributed by atoms with van der Waals surface area (Å²) in [6.07, 6.45) is 4.71. The SMILES string of the molecule is CC/C(=C/C(=O)OC)C1CCCOC1. The van der Waals surface area contributed by atoms with Crippen LogP contribution in [0.15, 0.2) is 11.6 Å². The first-order valence-corrected chi connectivity index (χ1v) is 5.14. The van der Waals surface area contributed by atoms with Gasteiger partial charge in [-0.3, -0.25) is 0 Å². The van der Waals surface area contributed by atoms with Crippen molar-refractivity contribution in [3.63, 3.8) is 0 Å². The highest BCUT2D eigenvalue weighted by Crippen LogP contribution is 2.24. The molecule has 1 saturated heterocycles. The highest BCUT2D eigenvalue weighted by Gasteiger charge is 2.17. The maximum Gasteiger partial charge on any atom is 0.330 e. The highest BCUT2D eigenvalue weighted by atomic mass is 16.5. The molecule has 0 radical (unpaired) electrons. The molecule has 80 valence electrons. The topological polar surface area (TPSA) is 35.5 Å². The molecule has 3 heteroatoms. The van der Waals surface area contributed by atoms with Gasteiger partial charge in [-0.15, -0.1) is 0 Å². The van der Waals surface area contributed by atoms with Crippen LogP contribution in [0.1, 0.15) is 26.2 Å². The molecule has 0 bridgehead atoms. The average molecular weight is 198 g/mol. The van der Waals surface area contributed by atoms with Crippen LogP contribution in [0.4, 0.5) is 0 Å². The second-order valence-corrected chi connectivity index (χ2v) is 3.51. The molecule has 0 saturated carbocycles. The van der Waals surface area contributed by atoms with Gasteiger partial charge in [-0.1, -0.05) is 12.5 Å². The highest BCUT2D eigenvalue weighted by molar-refractivity contribution is 5.82. The molecule has 0 N–H and O–H groups in total. The van der Waals surface area contributed by atoms with E-state index in [0.29, 0.717) is 5.92 Å². The number of esters is 1. The Hall–Kier alpha value is -0.830. The summed E-state index contributed by atoms with van der Waals surface area (Å²) in [5, 5.41) is 0. The third kappa shape index (κ3) is 3.14. The molecule has 1 unspecified atom stereocenters. The summed E-state index contributed by atoms with van der Waals surface area (Å²) in [6.45, 7) is 3.66. The Morgan fingerprint density at radius 1 is 1.64 bits per heavy atom. The van der Waals surface area contributed by atoms with Crippen molar-refractivity contribution in [1.29, 1.82) is 0 Å². The fourth-order valence-corrected chi connectivity index (χ4v) is 1.75. The Morgan fingerprint density at radius 2 is 2.43 bits per heavy atom. The smallest absolute Gasteiger partial charge is 0.330 e. The van der Waals surface area contributed by atoms with Crippen molar-refractivity contribution in [3.05, 3.63) is 11.6 Å². The Labute approximate surface area is 85.1 Å². The van der Waals surface area contributed by atoms with Gasteiger partial charge in [0.15, 0.2) is 0 Å². The van der Waals surface area contributed by atoms with Crippen molar-refractivity contribution in [2.24, 2.45) is 5.92 Å². The number of rotatable bonds is 3. The zero-order chi connectivity index (χ0) is 10.4. The Bertz CT molecular complexity index is 215. The summed E-state index contributed by atoms with van der Waals surface area (Å²) in [5.41, 5.74) is 1.15. The lowest BCUT2D eigenvalue weighted by molar-refractivity contribution is -0.134. The van der Waals surface area contributed by atoms with Gasteiger partial charge in [0.05, 0.1) is 13.7 Å². The van der Waals surface area contributed by atoms with E-state index in [-0.39, 0.29) is 5.97 Å². The van der Waals surface area contributed by atoms with Crippen molar-refractivity contribution in [3.8, 4) is 0 Å². The summed E-state index contributed by atoms with van der Waals surface area (Å²) in [6, 6.07) is 0. The van der Waals surface area contributed by atoms with Crippen LogP contribution in [0.5, 0.6) is 0 Å². The van der Waals surface area contributed by atoms with E-state index < -0.39 is 0 Å². The minimum Gasteiger partial charge on any atom is -0.466 e. The van der Waals surface area contributed by atoms with Crippen LogP contribution in [0, 0.1) is 5.92 Å². The molecule has 0 aromatic heterocycles. The molecular weight excluding hydrogens is 180 g/mol. The van der Waals surface area contributed by atoms with Gasteiger partial charge in [-0.2, -0.15) is 0 Å². The molecule has 0 aliphatic carbocycles. The van der Waals surface area contributed by atoms with Crippen molar-refractivity contribution in [2.45, 2.75) is 26.2 Å². The van der Waals surface area contributed by atoms with Crippen molar-refractivity contribution in [2.75, 3.05) is 20.3 Å². The maximum atomic E-state index is 11.1. The van der Waals surface area contributed by atoms with Gasteiger partial charge < -0.3 is 9.47 Å². The van der Waals surface area contributed by atoms with Crippen molar-refractivity contribution >= 4 is 5.97 Å². The summed E-state index contributed by atoms with van der Waals surface area (Å²) in [7, 11) is 1.41. The number of methoxy groups -OCH3 is 1. The number of hydrogen-bond donors (Lipinski definition) is 0. The van der Waals surface area contributed by atoms with E-state index in [1.54, 1.807) is 6.08 Å². The Morgan fingerprint density at radius 3 is 2.93 bits per heavy atom. The third-order valence-corrected chi connectivity index (χ3v) is 2.60. The van der Waals surface area contributed by atoms with Gasteiger partial charge in [-0.05, 0) is 19.3 Å². The van der Waals surface area contributed by atoms with Crippen LogP contribution in [0.25, 0.3) is 0 Å². The van der Waals surface area contributed by atoms with Crippen LogP contribution in [0.3, 0.4) is 0 Å². The summed E-state index contributed by atoms with van der Waals surface area (Å²) >= 11 is 0. The van der Waals surface area contributed by atoms with Gasteiger partial charge in [-0.25, -0.2) is 4.79 Å². The predicted molar refractivity (Wildman–Crippen MR) is 53.9 cm³/mol. The Kier molecular flexibility index (Phi) is 4.66. The largest absolute Gasteiger partial charge is 0.466 e. The molecule has 3 nitrogen and oxygen atoms in total. The van der Waals surface area contributed by atoms with E-state index in [9.17, 15) is 4.79 Å². The second-order valence-electron chi connectivity index (χ2n) is 3.51. The molecule has 0 spiro atoms. The fourth-order valence-electron chi connectivity index (χ4n) is 1.75. The lowest BCUT2D eigenvalue weighted by atomic mass is 9.91. The quantitative estimate of drug-likeness (QED) is 0.513. The van der Waals surface area contributed by atoms with Crippen molar-refractivity contribution in [1.82, 2.24) is 0 Å². The molecule has 14 heavy (non-hydrogen) atoms. The first-order valence-electron chi connectivity index (χ1n) is 5.14. The first-order chi connectivity index (χ1) is 6.77.